The Hall–Kier alpha value is -3.43. The highest BCUT2D eigenvalue weighted by Gasteiger charge is 2.14. The molecule has 4 heterocycles. The predicted molar refractivity (Wildman–Crippen MR) is 122 cm³/mol. The van der Waals surface area contributed by atoms with Gasteiger partial charge in [0.1, 0.15) is 0 Å². The SMILES string of the molecule is CCSc1n[nH]c(-n2ccc3nc4ccn(-c5ccccc5Cl)c(=O)c4cc3c2=O)n1. The molecule has 0 saturated carbocycles. The molecule has 154 valence electrons. The van der Waals surface area contributed by atoms with Crippen molar-refractivity contribution < 1.29 is 0 Å². The van der Waals surface area contributed by atoms with Gasteiger partial charge in [0.05, 0.1) is 32.5 Å². The summed E-state index contributed by atoms with van der Waals surface area (Å²) in [5, 5.41) is 8.53. The molecular formula is C21H15ClN6O2S. The van der Waals surface area contributed by atoms with Gasteiger partial charge in [-0.05, 0) is 36.1 Å². The Kier molecular flexibility index (Phi) is 4.84. The third-order valence-corrected chi connectivity index (χ3v) is 5.86. The third kappa shape index (κ3) is 3.31. The van der Waals surface area contributed by atoms with Gasteiger partial charge in [0.25, 0.3) is 11.1 Å². The fourth-order valence-electron chi connectivity index (χ4n) is 3.37. The number of rotatable bonds is 4. The Balaban J connectivity index is 1.72. The fourth-order valence-corrected chi connectivity index (χ4v) is 4.11. The molecular weight excluding hydrogens is 436 g/mol. The van der Waals surface area contributed by atoms with Gasteiger partial charge in [0.2, 0.25) is 11.1 Å². The highest BCUT2D eigenvalue weighted by atomic mass is 35.5. The van der Waals surface area contributed by atoms with Gasteiger partial charge < -0.3 is 0 Å². The number of pyridine rings is 3. The molecule has 1 N–H and O–H groups in total. The topological polar surface area (TPSA) is 98.5 Å². The molecule has 0 fully saturated rings. The second kappa shape index (κ2) is 7.68. The van der Waals surface area contributed by atoms with E-state index < -0.39 is 0 Å². The van der Waals surface area contributed by atoms with E-state index in [-0.39, 0.29) is 11.1 Å². The molecule has 0 atom stereocenters. The quantitative estimate of drug-likeness (QED) is 0.332. The van der Waals surface area contributed by atoms with Gasteiger partial charge in [-0.15, -0.1) is 5.10 Å². The van der Waals surface area contributed by atoms with E-state index in [0.717, 1.165) is 5.75 Å². The highest BCUT2D eigenvalue weighted by molar-refractivity contribution is 7.99. The second-order valence-electron chi connectivity index (χ2n) is 6.66. The lowest BCUT2D eigenvalue weighted by Crippen LogP contribution is -2.21. The van der Waals surface area contributed by atoms with Crippen LogP contribution in [0, 0.1) is 0 Å². The van der Waals surface area contributed by atoms with Crippen LogP contribution in [0.3, 0.4) is 0 Å². The Morgan fingerprint density at radius 2 is 1.65 bits per heavy atom. The lowest BCUT2D eigenvalue weighted by molar-refractivity contribution is 0.901. The first-order valence-electron chi connectivity index (χ1n) is 9.45. The zero-order valence-corrected chi connectivity index (χ0v) is 17.8. The molecule has 0 spiro atoms. The molecule has 31 heavy (non-hydrogen) atoms. The Bertz CT molecular complexity index is 1570. The molecule has 1 aromatic carbocycles. The molecule has 0 bridgehead atoms. The van der Waals surface area contributed by atoms with E-state index in [2.05, 4.69) is 20.2 Å². The summed E-state index contributed by atoms with van der Waals surface area (Å²) >= 11 is 7.74. The zero-order valence-electron chi connectivity index (χ0n) is 16.2. The summed E-state index contributed by atoms with van der Waals surface area (Å²) in [6.07, 6.45) is 3.22. The maximum Gasteiger partial charge on any atom is 0.266 e. The second-order valence-corrected chi connectivity index (χ2v) is 8.30. The van der Waals surface area contributed by atoms with Gasteiger partial charge >= 0.3 is 0 Å². The van der Waals surface area contributed by atoms with Gasteiger partial charge in [0, 0.05) is 12.4 Å². The van der Waals surface area contributed by atoms with Gasteiger partial charge in [-0.3, -0.25) is 18.7 Å². The van der Waals surface area contributed by atoms with Gasteiger partial charge in [-0.2, -0.15) is 4.98 Å². The Morgan fingerprint density at radius 3 is 2.35 bits per heavy atom. The minimum absolute atomic E-state index is 0.309. The van der Waals surface area contributed by atoms with E-state index in [0.29, 0.717) is 43.6 Å². The van der Waals surface area contributed by atoms with Crippen molar-refractivity contribution in [2.75, 3.05) is 5.75 Å². The van der Waals surface area contributed by atoms with Gasteiger partial charge in [-0.25, -0.2) is 10.1 Å². The molecule has 0 unspecified atom stereocenters. The van der Waals surface area contributed by atoms with Crippen LogP contribution in [-0.4, -0.2) is 35.1 Å². The van der Waals surface area contributed by atoms with Gasteiger partial charge in [0.15, 0.2) is 0 Å². The first kappa shape index (κ1) is 19.5. The first-order chi connectivity index (χ1) is 15.1. The summed E-state index contributed by atoms with van der Waals surface area (Å²) in [5.41, 5.74) is 0.898. The molecule has 8 nitrogen and oxygen atoms in total. The predicted octanol–water partition coefficient (Wildman–Crippen LogP) is 3.57. The molecule has 5 rings (SSSR count). The molecule has 10 heteroatoms. The number of aromatic amines is 1. The summed E-state index contributed by atoms with van der Waals surface area (Å²) in [6, 6.07) is 12.1. The zero-order chi connectivity index (χ0) is 21.5. The molecule has 0 amide bonds. The number of nitrogens with zero attached hydrogens (tertiary/aromatic N) is 5. The van der Waals surface area contributed by atoms with Crippen LogP contribution in [0.15, 0.2) is 69.6 Å². The summed E-state index contributed by atoms with van der Waals surface area (Å²) in [4.78, 5) is 35.2. The number of hydrogen-bond acceptors (Lipinski definition) is 6. The average molecular weight is 451 g/mol. The molecule has 0 aliphatic carbocycles. The number of halogens is 1. The van der Waals surface area contributed by atoms with E-state index in [4.69, 9.17) is 11.6 Å². The van der Waals surface area contributed by atoms with Gasteiger partial charge in [-0.1, -0.05) is 42.4 Å². The normalized spacial score (nSPS) is 11.4. The molecule has 0 radical (unpaired) electrons. The highest BCUT2D eigenvalue weighted by Crippen LogP contribution is 2.21. The van der Waals surface area contributed by atoms with Crippen molar-refractivity contribution in [2.24, 2.45) is 0 Å². The lowest BCUT2D eigenvalue weighted by Gasteiger charge is -2.09. The number of nitrogens with one attached hydrogen (secondary N) is 1. The van der Waals surface area contributed by atoms with Crippen LogP contribution in [-0.2, 0) is 0 Å². The average Bonchev–Trinajstić information content (AvgIpc) is 3.23. The van der Waals surface area contributed by atoms with E-state index in [1.54, 1.807) is 54.9 Å². The third-order valence-electron chi connectivity index (χ3n) is 4.81. The standard InChI is InChI=1S/C21H15ClN6O2S/c1-2-31-21-24-20(25-26-21)28-10-8-16-13(19(28)30)11-12-15(23-16)7-9-27(18(12)29)17-6-4-3-5-14(17)22/h3-11H,2H2,1H3,(H,24,25,26). The van der Waals surface area contributed by atoms with Crippen molar-refractivity contribution in [3.8, 4) is 11.6 Å². The lowest BCUT2D eigenvalue weighted by atomic mass is 10.2. The maximum atomic E-state index is 13.2. The fraction of sp³-hybridized carbons (Fsp3) is 0.0952. The first-order valence-corrected chi connectivity index (χ1v) is 10.8. The molecule has 0 aliphatic rings. The van der Waals surface area contributed by atoms with E-state index in [9.17, 15) is 9.59 Å². The molecule has 0 saturated heterocycles. The van der Waals surface area contributed by atoms with Crippen molar-refractivity contribution in [3.05, 3.63) is 80.6 Å². The number of H-pyrrole nitrogens is 1. The number of aromatic nitrogens is 6. The van der Waals surface area contributed by atoms with Crippen LogP contribution in [0.25, 0.3) is 33.4 Å². The number of thioether (sulfide) groups is 1. The van der Waals surface area contributed by atoms with Crippen molar-refractivity contribution in [2.45, 2.75) is 12.1 Å². The minimum Gasteiger partial charge on any atom is -0.282 e. The van der Waals surface area contributed by atoms with Crippen molar-refractivity contribution >= 4 is 45.2 Å². The van der Waals surface area contributed by atoms with E-state index >= 15 is 0 Å². The van der Waals surface area contributed by atoms with Crippen LogP contribution in [0.5, 0.6) is 0 Å². The molecule has 4 aromatic heterocycles. The smallest absolute Gasteiger partial charge is 0.266 e. The van der Waals surface area contributed by atoms with Crippen LogP contribution in [0.2, 0.25) is 5.02 Å². The van der Waals surface area contributed by atoms with Crippen LogP contribution in [0.1, 0.15) is 6.92 Å². The largest absolute Gasteiger partial charge is 0.282 e. The molecule has 0 aliphatic heterocycles. The Labute approximate surface area is 184 Å². The molecule has 5 aromatic rings. The number of benzene rings is 1. The summed E-state index contributed by atoms with van der Waals surface area (Å²) in [7, 11) is 0. The van der Waals surface area contributed by atoms with Crippen molar-refractivity contribution in [1.29, 1.82) is 0 Å². The minimum atomic E-state index is -0.344. The maximum absolute atomic E-state index is 13.2. The van der Waals surface area contributed by atoms with E-state index in [1.807, 2.05) is 6.92 Å². The summed E-state index contributed by atoms with van der Waals surface area (Å²) in [5.74, 6) is 1.13. The van der Waals surface area contributed by atoms with Crippen molar-refractivity contribution in [1.82, 2.24) is 29.3 Å². The monoisotopic (exact) mass is 450 g/mol. The number of fused-ring (bicyclic) bond motifs is 2. The van der Waals surface area contributed by atoms with Crippen molar-refractivity contribution in [3.63, 3.8) is 0 Å². The summed E-state index contributed by atoms with van der Waals surface area (Å²) < 4.78 is 2.81. The Morgan fingerprint density at radius 1 is 0.968 bits per heavy atom. The van der Waals surface area contributed by atoms with Crippen LogP contribution < -0.4 is 11.1 Å². The number of hydrogen-bond donors (Lipinski definition) is 1. The number of para-hydroxylation sites is 1. The van der Waals surface area contributed by atoms with E-state index in [1.165, 1.54) is 20.9 Å². The summed E-state index contributed by atoms with van der Waals surface area (Å²) in [6.45, 7) is 2.00. The van der Waals surface area contributed by atoms with Crippen LogP contribution in [0.4, 0.5) is 0 Å². The van der Waals surface area contributed by atoms with Crippen LogP contribution >= 0.6 is 23.4 Å².